The monoisotopic (exact) mass is 333 g/mol. The minimum absolute atomic E-state index is 0.340. The second kappa shape index (κ2) is 7.32. The standard InChI is InChI=1S/C20H31NO3/c1-13(2)8-15-12-21-7-6-14-9-19(23-4)20(24-5)10-16(14)17(21)11-18(15)22-3/h9-10,13,15,17-18H,6-8,11-12H2,1-5H3. The molecule has 4 nitrogen and oxygen atoms in total. The van der Waals surface area contributed by atoms with E-state index < -0.39 is 0 Å². The molecule has 2 heterocycles. The molecule has 0 amide bonds. The molecule has 1 aromatic rings. The van der Waals surface area contributed by atoms with Gasteiger partial charge in [0.2, 0.25) is 0 Å². The van der Waals surface area contributed by atoms with Gasteiger partial charge < -0.3 is 14.2 Å². The molecule has 0 bridgehead atoms. The molecule has 0 aliphatic carbocycles. The fourth-order valence-electron chi connectivity index (χ4n) is 4.53. The van der Waals surface area contributed by atoms with Crippen LogP contribution in [0.1, 0.15) is 43.9 Å². The first-order valence-electron chi connectivity index (χ1n) is 9.09. The van der Waals surface area contributed by atoms with Gasteiger partial charge in [0.15, 0.2) is 11.5 Å². The van der Waals surface area contributed by atoms with E-state index in [-0.39, 0.29) is 0 Å². The lowest BCUT2D eigenvalue weighted by molar-refractivity contribution is -0.0432. The van der Waals surface area contributed by atoms with Crippen molar-refractivity contribution in [3.05, 3.63) is 23.3 Å². The maximum atomic E-state index is 5.89. The third kappa shape index (κ3) is 3.27. The Balaban J connectivity index is 1.89. The summed E-state index contributed by atoms with van der Waals surface area (Å²) < 4.78 is 16.9. The van der Waals surface area contributed by atoms with Crippen LogP contribution < -0.4 is 9.47 Å². The van der Waals surface area contributed by atoms with Crippen LogP contribution in [0.3, 0.4) is 0 Å². The highest BCUT2D eigenvalue weighted by molar-refractivity contribution is 5.49. The van der Waals surface area contributed by atoms with Gasteiger partial charge in [0.1, 0.15) is 0 Å². The van der Waals surface area contributed by atoms with E-state index in [1.165, 1.54) is 17.5 Å². The highest BCUT2D eigenvalue weighted by Crippen LogP contribution is 2.44. The first kappa shape index (κ1) is 17.6. The quantitative estimate of drug-likeness (QED) is 0.822. The van der Waals surface area contributed by atoms with Crippen molar-refractivity contribution in [2.24, 2.45) is 11.8 Å². The predicted molar refractivity (Wildman–Crippen MR) is 95.9 cm³/mol. The summed E-state index contributed by atoms with van der Waals surface area (Å²) in [6.45, 7) is 6.87. The Morgan fingerprint density at radius 2 is 1.83 bits per heavy atom. The van der Waals surface area contributed by atoms with Gasteiger partial charge >= 0.3 is 0 Å². The van der Waals surface area contributed by atoms with Gasteiger partial charge in [-0.3, -0.25) is 4.90 Å². The lowest BCUT2D eigenvalue weighted by Crippen LogP contribution is -2.48. The molecule has 2 aliphatic rings. The summed E-state index contributed by atoms with van der Waals surface area (Å²) >= 11 is 0. The van der Waals surface area contributed by atoms with Crippen LogP contribution in [0.15, 0.2) is 12.1 Å². The largest absolute Gasteiger partial charge is 0.493 e. The third-order valence-corrected chi connectivity index (χ3v) is 5.64. The van der Waals surface area contributed by atoms with Crippen LogP contribution in [0.2, 0.25) is 0 Å². The summed E-state index contributed by atoms with van der Waals surface area (Å²) in [4.78, 5) is 2.65. The molecule has 3 rings (SSSR count). The van der Waals surface area contributed by atoms with Gasteiger partial charge in [0.25, 0.3) is 0 Å². The molecule has 0 aromatic heterocycles. The molecule has 0 saturated carbocycles. The van der Waals surface area contributed by atoms with Crippen molar-refractivity contribution in [1.82, 2.24) is 4.90 Å². The van der Waals surface area contributed by atoms with E-state index in [1.807, 2.05) is 7.11 Å². The van der Waals surface area contributed by atoms with E-state index in [0.29, 0.717) is 24.0 Å². The van der Waals surface area contributed by atoms with Gasteiger partial charge in [-0.2, -0.15) is 0 Å². The van der Waals surface area contributed by atoms with Crippen LogP contribution >= 0.6 is 0 Å². The lowest BCUT2D eigenvalue weighted by Gasteiger charge is -2.47. The summed E-state index contributed by atoms with van der Waals surface area (Å²) in [6.07, 6.45) is 3.72. The SMILES string of the molecule is COc1cc2c(cc1OC)C1CC(OC)C(CC(C)C)CN1CC2. The van der Waals surface area contributed by atoms with Gasteiger partial charge in [-0.05, 0) is 54.4 Å². The molecule has 3 atom stereocenters. The van der Waals surface area contributed by atoms with Gasteiger partial charge in [-0.1, -0.05) is 13.8 Å². The average molecular weight is 333 g/mol. The zero-order valence-electron chi connectivity index (χ0n) is 15.7. The summed E-state index contributed by atoms with van der Waals surface area (Å²) in [7, 11) is 5.28. The van der Waals surface area contributed by atoms with Crippen molar-refractivity contribution in [3.8, 4) is 11.5 Å². The smallest absolute Gasteiger partial charge is 0.161 e. The maximum absolute atomic E-state index is 5.89. The second-order valence-electron chi connectivity index (χ2n) is 7.57. The van der Waals surface area contributed by atoms with Crippen molar-refractivity contribution < 1.29 is 14.2 Å². The van der Waals surface area contributed by atoms with Gasteiger partial charge in [0.05, 0.1) is 20.3 Å². The number of benzene rings is 1. The Labute approximate surface area is 146 Å². The maximum Gasteiger partial charge on any atom is 0.161 e. The van der Waals surface area contributed by atoms with Crippen molar-refractivity contribution in [3.63, 3.8) is 0 Å². The van der Waals surface area contributed by atoms with Crippen LogP contribution in [0, 0.1) is 11.8 Å². The van der Waals surface area contributed by atoms with Crippen LogP contribution in [0.25, 0.3) is 0 Å². The number of hydrogen-bond donors (Lipinski definition) is 0. The molecular weight excluding hydrogens is 302 g/mol. The topological polar surface area (TPSA) is 30.9 Å². The Bertz CT molecular complexity index is 572. The van der Waals surface area contributed by atoms with E-state index in [4.69, 9.17) is 14.2 Å². The molecule has 4 heteroatoms. The molecule has 2 aliphatic heterocycles. The lowest BCUT2D eigenvalue weighted by atomic mass is 9.79. The Kier molecular flexibility index (Phi) is 5.36. The number of ether oxygens (including phenoxy) is 3. The zero-order chi connectivity index (χ0) is 17.3. The minimum Gasteiger partial charge on any atom is -0.493 e. The normalized spacial score (nSPS) is 26.8. The highest BCUT2D eigenvalue weighted by atomic mass is 16.5. The van der Waals surface area contributed by atoms with E-state index in [1.54, 1.807) is 14.2 Å². The Morgan fingerprint density at radius 3 is 2.46 bits per heavy atom. The fourth-order valence-corrected chi connectivity index (χ4v) is 4.53. The minimum atomic E-state index is 0.340. The molecule has 0 spiro atoms. The summed E-state index contributed by atoms with van der Waals surface area (Å²) in [5.74, 6) is 3.01. The molecule has 1 aromatic carbocycles. The second-order valence-corrected chi connectivity index (χ2v) is 7.57. The van der Waals surface area contributed by atoms with E-state index in [0.717, 1.165) is 37.4 Å². The molecule has 1 fully saturated rings. The Morgan fingerprint density at radius 1 is 1.12 bits per heavy atom. The van der Waals surface area contributed by atoms with Crippen LogP contribution in [-0.2, 0) is 11.2 Å². The summed E-state index contributed by atoms with van der Waals surface area (Å²) in [5.41, 5.74) is 2.79. The van der Waals surface area contributed by atoms with Gasteiger partial charge in [-0.15, -0.1) is 0 Å². The van der Waals surface area contributed by atoms with Crippen molar-refractivity contribution in [1.29, 1.82) is 0 Å². The van der Waals surface area contributed by atoms with E-state index in [9.17, 15) is 0 Å². The van der Waals surface area contributed by atoms with Crippen LogP contribution in [-0.4, -0.2) is 45.4 Å². The van der Waals surface area contributed by atoms with Crippen molar-refractivity contribution in [2.75, 3.05) is 34.4 Å². The molecule has 24 heavy (non-hydrogen) atoms. The fraction of sp³-hybridized carbons (Fsp3) is 0.700. The zero-order valence-corrected chi connectivity index (χ0v) is 15.7. The number of hydrogen-bond acceptors (Lipinski definition) is 4. The molecular formula is C20H31NO3. The van der Waals surface area contributed by atoms with Crippen LogP contribution in [0.5, 0.6) is 11.5 Å². The first-order valence-corrected chi connectivity index (χ1v) is 9.09. The van der Waals surface area contributed by atoms with Crippen molar-refractivity contribution >= 4 is 0 Å². The number of piperidine rings is 1. The van der Waals surface area contributed by atoms with E-state index >= 15 is 0 Å². The van der Waals surface area contributed by atoms with Crippen molar-refractivity contribution in [2.45, 2.75) is 45.3 Å². The number of rotatable bonds is 5. The number of nitrogens with zero attached hydrogens (tertiary/aromatic N) is 1. The highest BCUT2D eigenvalue weighted by Gasteiger charge is 2.39. The third-order valence-electron chi connectivity index (χ3n) is 5.64. The van der Waals surface area contributed by atoms with Crippen LogP contribution in [0.4, 0.5) is 0 Å². The molecule has 3 unspecified atom stereocenters. The molecule has 1 saturated heterocycles. The average Bonchev–Trinajstić information content (AvgIpc) is 2.59. The number of fused-ring (bicyclic) bond motifs is 3. The predicted octanol–water partition coefficient (Wildman–Crippen LogP) is 3.68. The molecule has 0 N–H and O–H groups in total. The van der Waals surface area contributed by atoms with Gasteiger partial charge in [-0.25, -0.2) is 0 Å². The summed E-state index contributed by atoms with van der Waals surface area (Å²) in [6, 6.07) is 4.77. The van der Waals surface area contributed by atoms with Gasteiger partial charge in [0, 0.05) is 26.2 Å². The molecule has 134 valence electrons. The summed E-state index contributed by atoms with van der Waals surface area (Å²) in [5, 5.41) is 0. The first-order chi connectivity index (χ1) is 11.6. The van der Waals surface area contributed by atoms with E-state index in [2.05, 4.69) is 30.9 Å². The Hall–Kier alpha value is -1.26. The number of methoxy groups -OCH3 is 3. The molecule has 0 radical (unpaired) electrons.